The third-order valence-corrected chi connectivity index (χ3v) is 2.61. The summed E-state index contributed by atoms with van der Waals surface area (Å²) >= 11 is 1.63. The van der Waals surface area contributed by atoms with Gasteiger partial charge in [-0.2, -0.15) is 5.26 Å². The maximum atomic E-state index is 12.5. The van der Waals surface area contributed by atoms with Gasteiger partial charge in [-0.1, -0.05) is 0 Å². The van der Waals surface area contributed by atoms with E-state index < -0.39 is 18.1 Å². The van der Waals surface area contributed by atoms with Crippen LogP contribution in [0.3, 0.4) is 0 Å². The van der Waals surface area contributed by atoms with E-state index in [0.717, 1.165) is 6.07 Å². The Morgan fingerprint density at radius 1 is 1.71 bits per heavy atom. The Morgan fingerprint density at radius 2 is 2.35 bits per heavy atom. The van der Waals surface area contributed by atoms with E-state index in [1.807, 2.05) is 0 Å². The smallest absolute Gasteiger partial charge is 0.339 e. The fraction of sp³-hybridized carbons (Fsp3) is 0.300. The first-order chi connectivity index (χ1) is 8.01. The van der Waals surface area contributed by atoms with E-state index in [0.29, 0.717) is 0 Å². The lowest BCUT2D eigenvalue weighted by molar-refractivity contribution is 0.0525. The number of hydrogen-bond donors (Lipinski definition) is 0. The van der Waals surface area contributed by atoms with Gasteiger partial charge in [-0.05, 0) is 35.6 Å². The van der Waals surface area contributed by atoms with Crippen LogP contribution in [-0.2, 0) is 4.74 Å². The summed E-state index contributed by atoms with van der Waals surface area (Å²) in [6.45, 7) is 1.69. The summed E-state index contributed by atoms with van der Waals surface area (Å²) in [5.41, 5.74) is -0.769. The molecule has 0 bridgehead atoms. The number of nitriles is 1. The van der Waals surface area contributed by atoms with Gasteiger partial charge in [-0.25, -0.2) is 18.6 Å². The van der Waals surface area contributed by atoms with Crippen molar-refractivity contribution in [3.05, 3.63) is 26.6 Å². The minimum atomic E-state index is -2.80. The summed E-state index contributed by atoms with van der Waals surface area (Å²) in [5.74, 6) is -0.800. The highest BCUT2D eigenvalue weighted by molar-refractivity contribution is 14.1. The van der Waals surface area contributed by atoms with Gasteiger partial charge in [-0.15, -0.1) is 0 Å². The van der Waals surface area contributed by atoms with E-state index >= 15 is 0 Å². The molecule has 1 aromatic heterocycles. The zero-order valence-corrected chi connectivity index (χ0v) is 10.9. The van der Waals surface area contributed by atoms with Crippen LogP contribution in [0, 0.1) is 15.0 Å². The quantitative estimate of drug-likeness (QED) is 0.477. The van der Waals surface area contributed by atoms with Crippen molar-refractivity contribution in [2.75, 3.05) is 6.61 Å². The van der Waals surface area contributed by atoms with Crippen molar-refractivity contribution in [1.29, 1.82) is 5.26 Å². The Kier molecular flexibility index (Phi) is 4.74. The van der Waals surface area contributed by atoms with Crippen LogP contribution in [0.15, 0.2) is 6.07 Å². The Labute approximate surface area is 110 Å². The highest BCUT2D eigenvalue weighted by Gasteiger charge is 2.21. The fourth-order valence-corrected chi connectivity index (χ4v) is 1.81. The molecule has 17 heavy (non-hydrogen) atoms. The lowest BCUT2D eigenvalue weighted by Gasteiger charge is -2.07. The zero-order chi connectivity index (χ0) is 13.0. The van der Waals surface area contributed by atoms with Gasteiger partial charge in [0.1, 0.15) is 15.5 Å². The molecule has 0 atom stereocenters. The minimum absolute atomic E-state index is 0.0477. The summed E-state index contributed by atoms with van der Waals surface area (Å²) in [6, 6.07) is 2.65. The van der Waals surface area contributed by atoms with Crippen molar-refractivity contribution in [3.63, 3.8) is 0 Å². The summed E-state index contributed by atoms with van der Waals surface area (Å²) in [5, 5.41) is 8.86. The average molecular weight is 352 g/mol. The van der Waals surface area contributed by atoms with Gasteiger partial charge >= 0.3 is 5.97 Å². The molecule has 0 aromatic carbocycles. The number of halogens is 3. The summed E-state index contributed by atoms with van der Waals surface area (Å²) in [7, 11) is 0. The van der Waals surface area contributed by atoms with Crippen molar-refractivity contribution < 1.29 is 18.3 Å². The van der Waals surface area contributed by atoms with Crippen molar-refractivity contribution in [1.82, 2.24) is 4.98 Å². The molecule has 0 aliphatic heterocycles. The van der Waals surface area contributed by atoms with E-state index in [1.165, 1.54) is 0 Å². The number of esters is 1. The van der Waals surface area contributed by atoms with Gasteiger partial charge in [0.15, 0.2) is 0 Å². The monoisotopic (exact) mass is 352 g/mol. The molecule has 7 heteroatoms. The summed E-state index contributed by atoms with van der Waals surface area (Å²) in [6.07, 6.45) is -2.80. The summed E-state index contributed by atoms with van der Waals surface area (Å²) in [4.78, 5) is 15.1. The van der Waals surface area contributed by atoms with Crippen molar-refractivity contribution >= 4 is 28.6 Å². The number of ether oxygens (including phenoxy) is 1. The van der Waals surface area contributed by atoms with Crippen LogP contribution >= 0.6 is 22.6 Å². The van der Waals surface area contributed by atoms with Gasteiger partial charge < -0.3 is 4.74 Å². The second kappa shape index (κ2) is 5.86. The molecule has 0 aliphatic rings. The van der Waals surface area contributed by atoms with Crippen LogP contribution in [-0.4, -0.2) is 17.6 Å². The molecule has 0 fully saturated rings. The van der Waals surface area contributed by atoms with Crippen molar-refractivity contribution in [2.45, 2.75) is 13.3 Å². The van der Waals surface area contributed by atoms with Crippen LogP contribution < -0.4 is 0 Å². The third kappa shape index (κ3) is 3.09. The normalized spacial score (nSPS) is 10.1. The molecule has 1 aromatic rings. The molecule has 0 radical (unpaired) electrons. The Bertz CT molecular complexity index is 486. The first kappa shape index (κ1) is 13.8. The molecule has 1 rings (SSSR count). The maximum absolute atomic E-state index is 12.5. The first-order valence-corrected chi connectivity index (χ1v) is 5.65. The van der Waals surface area contributed by atoms with Crippen LogP contribution in [0.25, 0.3) is 0 Å². The molecule has 0 amide bonds. The SMILES string of the molecule is CCOC(=O)c1cc(C(F)F)nc(I)c1C#N. The Balaban J connectivity index is 3.35. The van der Waals surface area contributed by atoms with Crippen LogP contribution in [0.5, 0.6) is 0 Å². The van der Waals surface area contributed by atoms with Crippen LogP contribution in [0.4, 0.5) is 8.78 Å². The molecule has 0 saturated carbocycles. The number of nitrogens with zero attached hydrogens (tertiary/aromatic N) is 2. The van der Waals surface area contributed by atoms with Gasteiger partial charge in [0.25, 0.3) is 6.43 Å². The van der Waals surface area contributed by atoms with E-state index in [-0.39, 0.29) is 21.4 Å². The standard InChI is InChI=1S/C10H7F2IN2O2/c1-2-17-10(16)5-3-7(8(11)12)15-9(13)6(5)4-14/h3,8H,2H2,1H3. The number of pyridine rings is 1. The molecule has 0 N–H and O–H groups in total. The number of rotatable bonds is 3. The second-order valence-corrected chi connectivity index (χ2v) is 3.92. The van der Waals surface area contributed by atoms with E-state index in [9.17, 15) is 13.6 Å². The molecule has 90 valence electrons. The number of aromatic nitrogens is 1. The fourth-order valence-electron chi connectivity index (χ4n) is 1.12. The Hall–Kier alpha value is -1.30. The largest absolute Gasteiger partial charge is 0.462 e. The van der Waals surface area contributed by atoms with E-state index in [1.54, 1.807) is 35.6 Å². The molecule has 1 heterocycles. The molecule has 0 spiro atoms. The van der Waals surface area contributed by atoms with Gasteiger partial charge in [0.2, 0.25) is 0 Å². The van der Waals surface area contributed by atoms with Gasteiger partial charge in [0, 0.05) is 0 Å². The number of carbonyl (C=O) groups is 1. The van der Waals surface area contributed by atoms with Gasteiger partial charge in [-0.3, -0.25) is 0 Å². The third-order valence-electron chi connectivity index (χ3n) is 1.83. The molecule has 0 aliphatic carbocycles. The molecule has 0 unspecified atom stereocenters. The Morgan fingerprint density at radius 3 is 2.82 bits per heavy atom. The lowest BCUT2D eigenvalue weighted by Crippen LogP contribution is -2.11. The average Bonchev–Trinajstić information content (AvgIpc) is 2.28. The van der Waals surface area contributed by atoms with Crippen molar-refractivity contribution in [3.8, 4) is 6.07 Å². The highest BCUT2D eigenvalue weighted by Crippen LogP contribution is 2.23. The number of alkyl halides is 2. The maximum Gasteiger partial charge on any atom is 0.339 e. The number of hydrogen-bond acceptors (Lipinski definition) is 4. The van der Waals surface area contributed by atoms with E-state index in [2.05, 4.69) is 4.98 Å². The topological polar surface area (TPSA) is 63.0 Å². The second-order valence-electron chi connectivity index (χ2n) is 2.89. The molecular formula is C10H7F2IN2O2. The van der Waals surface area contributed by atoms with Crippen LogP contribution in [0.2, 0.25) is 0 Å². The molecular weight excluding hydrogens is 345 g/mol. The minimum Gasteiger partial charge on any atom is -0.462 e. The zero-order valence-electron chi connectivity index (χ0n) is 8.71. The van der Waals surface area contributed by atoms with Crippen molar-refractivity contribution in [2.24, 2.45) is 0 Å². The van der Waals surface area contributed by atoms with Gasteiger partial charge in [0.05, 0.1) is 17.7 Å². The first-order valence-electron chi connectivity index (χ1n) is 4.57. The molecule has 4 nitrogen and oxygen atoms in total. The van der Waals surface area contributed by atoms with E-state index in [4.69, 9.17) is 10.00 Å². The predicted octanol–water partition coefficient (Wildman–Crippen LogP) is 2.67. The summed E-state index contributed by atoms with van der Waals surface area (Å²) < 4.78 is 29.8. The molecule has 0 saturated heterocycles. The number of carbonyl (C=O) groups excluding carboxylic acids is 1. The lowest BCUT2D eigenvalue weighted by atomic mass is 10.1. The highest BCUT2D eigenvalue weighted by atomic mass is 127. The predicted molar refractivity (Wildman–Crippen MR) is 62.6 cm³/mol. The van der Waals surface area contributed by atoms with Crippen LogP contribution in [0.1, 0.15) is 35.0 Å².